The van der Waals surface area contributed by atoms with E-state index in [4.69, 9.17) is 16.3 Å². The summed E-state index contributed by atoms with van der Waals surface area (Å²) in [7, 11) is 0. The molecule has 94 valence electrons. The van der Waals surface area contributed by atoms with E-state index in [1.807, 2.05) is 0 Å². The maximum atomic E-state index is 9.60. The van der Waals surface area contributed by atoms with E-state index in [0.717, 1.165) is 13.0 Å². The van der Waals surface area contributed by atoms with Gasteiger partial charge in [0.25, 0.3) is 0 Å². The summed E-state index contributed by atoms with van der Waals surface area (Å²) in [5.41, 5.74) is 0. The maximum absolute atomic E-state index is 9.60. The summed E-state index contributed by atoms with van der Waals surface area (Å²) in [6.07, 6.45) is 4.76. The van der Waals surface area contributed by atoms with Gasteiger partial charge in [-0.2, -0.15) is 0 Å². The van der Waals surface area contributed by atoms with Crippen LogP contribution in [0.1, 0.15) is 25.7 Å². The van der Waals surface area contributed by atoms with Gasteiger partial charge in [0.2, 0.25) is 0 Å². The van der Waals surface area contributed by atoms with Crippen LogP contribution < -0.4 is 10.1 Å². The van der Waals surface area contributed by atoms with Crippen molar-refractivity contribution in [1.29, 1.82) is 0 Å². The maximum Gasteiger partial charge on any atom is 0.161 e. The highest BCUT2D eigenvalue weighted by atomic mass is 35.5. The minimum atomic E-state index is 0.106. The summed E-state index contributed by atoms with van der Waals surface area (Å²) in [6, 6.07) is 5.47. The number of hydrogen-bond acceptors (Lipinski definition) is 3. The van der Waals surface area contributed by atoms with E-state index in [-0.39, 0.29) is 5.75 Å². The highest BCUT2D eigenvalue weighted by Crippen LogP contribution is 2.29. The largest absolute Gasteiger partial charge is 0.504 e. The van der Waals surface area contributed by atoms with Crippen LogP contribution in [0.25, 0.3) is 0 Å². The van der Waals surface area contributed by atoms with Crippen LogP contribution in [0.5, 0.6) is 11.5 Å². The van der Waals surface area contributed by atoms with Gasteiger partial charge in [-0.25, -0.2) is 0 Å². The second kappa shape index (κ2) is 6.12. The third kappa shape index (κ3) is 3.79. The summed E-state index contributed by atoms with van der Waals surface area (Å²) in [4.78, 5) is 0. The first-order valence-electron chi connectivity index (χ1n) is 6.10. The molecular weight excluding hydrogens is 238 g/mol. The van der Waals surface area contributed by atoms with Crippen molar-refractivity contribution in [3.63, 3.8) is 0 Å². The molecule has 1 aromatic rings. The Bertz CT molecular complexity index is 364. The predicted octanol–water partition coefficient (Wildman–Crippen LogP) is 2.96. The summed E-state index contributed by atoms with van der Waals surface area (Å²) < 4.78 is 5.55. The smallest absolute Gasteiger partial charge is 0.161 e. The molecule has 0 saturated carbocycles. The lowest BCUT2D eigenvalue weighted by molar-refractivity contribution is 0.259. The van der Waals surface area contributed by atoms with Gasteiger partial charge in [-0.1, -0.05) is 18.0 Å². The zero-order valence-corrected chi connectivity index (χ0v) is 10.5. The minimum absolute atomic E-state index is 0.106. The summed E-state index contributed by atoms with van der Waals surface area (Å²) in [6.45, 7) is 1.73. The van der Waals surface area contributed by atoms with Gasteiger partial charge in [0.1, 0.15) is 0 Å². The Morgan fingerprint density at radius 2 is 2.29 bits per heavy atom. The van der Waals surface area contributed by atoms with Gasteiger partial charge in [0.15, 0.2) is 11.5 Å². The van der Waals surface area contributed by atoms with Crippen molar-refractivity contribution in [2.75, 3.05) is 13.2 Å². The monoisotopic (exact) mass is 255 g/mol. The average Bonchev–Trinajstić information content (AvgIpc) is 2.33. The highest BCUT2D eigenvalue weighted by Gasteiger charge is 2.12. The van der Waals surface area contributed by atoms with Crippen molar-refractivity contribution in [2.24, 2.45) is 0 Å². The van der Waals surface area contributed by atoms with E-state index in [2.05, 4.69) is 5.32 Å². The Morgan fingerprint density at radius 3 is 3.00 bits per heavy atom. The van der Waals surface area contributed by atoms with Crippen molar-refractivity contribution in [3.8, 4) is 11.5 Å². The molecule has 0 spiro atoms. The molecular formula is C13H18ClNO2. The van der Waals surface area contributed by atoms with Crippen LogP contribution in [0.4, 0.5) is 0 Å². The molecule has 3 nitrogen and oxygen atoms in total. The van der Waals surface area contributed by atoms with Crippen LogP contribution >= 0.6 is 11.6 Å². The Labute approximate surface area is 107 Å². The van der Waals surface area contributed by atoms with Crippen LogP contribution in [0.15, 0.2) is 18.2 Å². The lowest BCUT2D eigenvalue weighted by atomic mass is 10.0. The standard InChI is InChI=1S/C13H18ClNO2/c14-10-4-5-13(12(16)9-10)17-8-6-11-3-1-2-7-15-11/h4-5,9,11,15-16H,1-3,6-8H2. The molecule has 1 aliphatic heterocycles. The molecule has 2 N–H and O–H groups in total. The van der Waals surface area contributed by atoms with E-state index >= 15 is 0 Å². The predicted molar refractivity (Wildman–Crippen MR) is 68.9 cm³/mol. The molecule has 0 aromatic heterocycles. The van der Waals surface area contributed by atoms with Gasteiger partial charge in [-0.05, 0) is 37.9 Å². The second-order valence-corrected chi connectivity index (χ2v) is 4.83. The van der Waals surface area contributed by atoms with Gasteiger partial charge >= 0.3 is 0 Å². The zero-order chi connectivity index (χ0) is 12.1. The van der Waals surface area contributed by atoms with Crippen LogP contribution in [0.3, 0.4) is 0 Å². The number of nitrogens with one attached hydrogen (secondary N) is 1. The molecule has 0 amide bonds. The topological polar surface area (TPSA) is 41.5 Å². The number of aromatic hydroxyl groups is 1. The SMILES string of the molecule is Oc1cc(Cl)ccc1OCCC1CCCCN1. The van der Waals surface area contributed by atoms with Crippen molar-refractivity contribution < 1.29 is 9.84 Å². The van der Waals surface area contributed by atoms with Crippen LogP contribution in [-0.2, 0) is 0 Å². The molecule has 1 aliphatic rings. The molecule has 0 radical (unpaired) electrons. The normalized spacial score (nSPS) is 20.2. The first-order valence-corrected chi connectivity index (χ1v) is 6.48. The van der Waals surface area contributed by atoms with Gasteiger partial charge in [0.05, 0.1) is 6.61 Å². The van der Waals surface area contributed by atoms with Gasteiger partial charge in [-0.3, -0.25) is 0 Å². The number of halogens is 1. The van der Waals surface area contributed by atoms with E-state index in [0.29, 0.717) is 23.4 Å². The van der Waals surface area contributed by atoms with E-state index in [9.17, 15) is 5.11 Å². The van der Waals surface area contributed by atoms with Crippen LogP contribution in [-0.4, -0.2) is 24.3 Å². The minimum Gasteiger partial charge on any atom is -0.504 e. The van der Waals surface area contributed by atoms with E-state index in [1.54, 1.807) is 12.1 Å². The third-order valence-corrected chi connectivity index (χ3v) is 3.29. The molecule has 1 saturated heterocycles. The molecule has 1 fully saturated rings. The molecule has 4 heteroatoms. The number of rotatable bonds is 4. The molecule has 1 unspecified atom stereocenters. The summed E-state index contributed by atoms with van der Waals surface area (Å²) in [5, 5.41) is 13.6. The first-order chi connectivity index (χ1) is 8.25. The Hall–Kier alpha value is -0.930. The number of phenols is 1. The van der Waals surface area contributed by atoms with Crippen molar-refractivity contribution in [2.45, 2.75) is 31.7 Å². The molecule has 0 aliphatic carbocycles. The van der Waals surface area contributed by atoms with Gasteiger partial charge in [0, 0.05) is 17.1 Å². The quantitative estimate of drug-likeness (QED) is 0.869. The van der Waals surface area contributed by atoms with Crippen molar-refractivity contribution >= 4 is 11.6 Å². The van der Waals surface area contributed by atoms with Crippen molar-refractivity contribution in [1.82, 2.24) is 5.32 Å². The molecule has 2 rings (SSSR count). The second-order valence-electron chi connectivity index (χ2n) is 4.40. The van der Waals surface area contributed by atoms with Gasteiger partial charge in [-0.15, -0.1) is 0 Å². The summed E-state index contributed by atoms with van der Waals surface area (Å²) >= 11 is 5.75. The number of phenolic OH excluding ortho intramolecular Hbond substituents is 1. The van der Waals surface area contributed by atoms with Crippen LogP contribution in [0, 0.1) is 0 Å². The number of ether oxygens (including phenoxy) is 1. The van der Waals surface area contributed by atoms with Gasteiger partial charge < -0.3 is 15.2 Å². The fourth-order valence-electron chi connectivity index (χ4n) is 2.09. The van der Waals surface area contributed by atoms with Crippen LogP contribution in [0.2, 0.25) is 5.02 Å². The fourth-order valence-corrected chi connectivity index (χ4v) is 2.26. The molecule has 1 heterocycles. The van der Waals surface area contributed by atoms with E-state index < -0.39 is 0 Å². The molecule has 0 bridgehead atoms. The zero-order valence-electron chi connectivity index (χ0n) is 9.79. The number of benzene rings is 1. The Balaban J connectivity index is 1.77. The highest BCUT2D eigenvalue weighted by molar-refractivity contribution is 6.30. The number of hydrogen-bond donors (Lipinski definition) is 2. The first kappa shape index (κ1) is 12.5. The lowest BCUT2D eigenvalue weighted by Crippen LogP contribution is -2.35. The average molecular weight is 256 g/mol. The third-order valence-electron chi connectivity index (χ3n) is 3.06. The van der Waals surface area contributed by atoms with E-state index in [1.165, 1.54) is 25.3 Å². The Morgan fingerprint density at radius 1 is 1.41 bits per heavy atom. The summed E-state index contributed by atoms with van der Waals surface area (Å²) in [5.74, 6) is 0.610. The molecule has 17 heavy (non-hydrogen) atoms. The number of piperidine rings is 1. The Kier molecular flexibility index (Phi) is 4.51. The molecule has 1 atom stereocenters. The fraction of sp³-hybridized carbons (Fsp3) is 0.538. The molecule has 1 aromatic carbocycles. The van der Waals surface area contributed by atoms with Crippen molar-refractivity contribution in [3.05, 3.63) is 23.2 Å². The lowest BCUT2D eigenvalue weighted by Gasteiger charge is -2.23.